The molecule has 3 nitrogen and oxygen atoms in total. The molecule has 0 spiro atoms. The van der Waals surface area contributed by atoms with Gasteiger partial charge in [0.2, 0.25) is 0 Å². The van der Waals surface area contributed by atoms with Crippen molar-refractivity contribution in [3.8, 4) is 0 Å². The predicted octanol–water partition coefficient (Wildman–Crippen LogP) is 3.00. The quantitative estimate of drug-likeness (QED) is 0.943. The molecule has 1 saturated heterocycles. The second-order valence-electron chi connectivity index (χ2n) is 5.53. The van der Waals surface area contributed by atoms with E-state index in [2.05, 4.69) is 28.7 Å². The Morgan fingerprint density at radius 1 is 1.50 bits per heavy atom. The Labute approximate surface area is 123 Å². The Hall–Kier alpha value is -1.07. The van der Waals surface area contributed by atoms with Crippen LogP contribution in [-0.2, 0) is 6.42 Å². The first-order chi connectivity index (χ1) is 9.66. The van der Waals surface area contributed by atoms with E-state index in [9.17, 15) is 4.39 Å². The summed E-state index contributed by atoms with van der Waals surface area (Å²) in [5.41, 5.74) is 1.40. The zero-order valence-electron chi connectivity index (χ0n) is 11.9. The van der Waals surface area contributed by atoms with Crippen molar-refractivity contribution in [1.82, 2.24) is 14.9 Å². The molecule has 3 rings (SSSR count). The molecule has 0 radical (unpaired) electrons. The maximum atomic E-state index is 13.9. The topological polar surface area (TPSA) is 29.9 Å². The van der Waals surface area contributed by atoms with Gasteiger partial charge in [-0.3, -0.25) is 0 Å². The van der Waals surface area contributed by atoms with E-state index in [1.807, 2.05) is 17.8 Å². The fourth-order valence-corrected chi connectivity index (χ4v) is 3.77. The first kappa shape index (κ1) is 13.9. The molecule has 1 atom stereocenters. The molecule has 1 fully saturated rings. The van der Waals surface area contributed by atoms with Gasteiger partial charge in [0.15, 0.2) is 5.82 Å². The van der Waals surface area contributed by atoms with E-state index < -0.39 is 0 Å². The van der Waals surface area contributed by atoms with Gasteiger partial charge in [0.1, 0.15) is 11.3 Å². The fourth-order valence-electron chi connectivity index (χ4n) is 2.82. The van der Waals surface area contributed by atoms with Gasteiger partial charge >= 0.3 is 0 Å². The summed E-state index contributed by atoms with van der Waals surface area (Å²) >= 11 is 1.97. The minimum Gasteiger partial charge on any atom is -0.325 e. The third kappa shape index (κ3) is 2.56. The van der Waals surface area contributed by atoms with Crippen LogP contribution in [0.15, 0.2) is 18.2 Å². The number of benzene rings is 1. The van der Waals surface area contributed by atoms with Crippen LogP contribution in [0.1, 0.15) is 25.7 Å². The highest BCUT2D eigenvalue weighted by atomic mass is 32.2. The fraction of sp³-hybridized carbons (Fsp3) is 0.533. The van der Waals surface area contributed by atoms with Crippen molar-refractivity contribution in [2.45, 2.75) is 32.4 Å². The van der Waals surface area contributed by atoms with E-state index in [0.717, 1.165) is 30.1 Å². The van der Waals surface area contributed by atoms with Gasteiger partial charge in [-0.25, -0.2) is 9.37 Å². The molecule has 1 unspecified atom stereocenters. The van der Waals surface area contributed by atoms with Crippen molar-refractivity contribution in [1.29, 1.82) is 0 Å². The highest BCUT2D eigenvalue weighted by molar-refractivity contribution is 7.99. The van der Waals surface area contributed by atoms with Crippen LogP contribution >= 0.6 is 11.8 Å². The van der Waals surface area contributed by atoms with E-state index in [1.54, 1.807) is 6.07 Å². The van der Waals surface area contributed by atoms with Crippen LogP contribution in [0.3, 0.4) is 0 Å². The van der Waals surface area contributed by atoms with Crippen LogP contribution in [0.4, 0.5) is 4.39 Å². The van der Waals surface area contributed by atoms with Crippen LogP contribution in [0, 0.1) is 5.82 Å². The first-order valence-corrected chi connectivity index (χ1v) is 8.28. The van der Waals surface area contributed by atoms with Gasteiger partial charge in [-0.1, -0.05) is 6.07 Å². The first-order valence-electron chi connectivity index (χ1n) is 7.13. The Morgan fingerprint density at radius 2 is 2.35 bits per heavy atom. The summed E-state index contributed by atoms with van der Waals surface area (Å²) in [6.45, 7) is 5.29. The smallest absolute Gasteiger partial charge is 0.151 e. The van der Waals surface area contributed by atoms with Crippen LogP contribution in [0.5, 0.6) is 0 Å². The van der Waals surface area contributed by atoms with Gasteiger partial charge in [0, 0.05) is 36.6 Å². The number of aromatic nitrogens is 2. The Bertz CT molecular complexity index is 602. The van der Waals surface area contributed by atoms with E-state index in [-0.39, 0.29) is 11.9 Å². The number of hydrogen-bond donors (Lipinski definition) is 1. The van der Waals surface area contributed by atoms with Crippen LogP contribution < -0.4 is 5.32 Å². The molecule has 0 aliphatic carbocycles. The molecule has 1 aliphatic heterocycles. The summed E-state index contributed by atoms with van der Waals surface area (Å²) in [5.74, 6) is 3.03. The lowest BCUT2D eigenvalue weighted by molar-refractivity contribution is 0.514. The van der Waals surface area contributed by atoms with Crippen molar-refractivity contribution in [2.75, 3.05) is 18.1 Å². The normalized spacial score (nSPS) is 19.9. The highest BCUT2D eigenvalue weighted by Gasteiger charge is 2.20. The Morgan fingerprint density at radius 3 is 3.05 bits per heavy atom. The number of hydrogen-bond acceptors (Lipinski definition) is 3. The molecule has 5 heteroatoms. The zero-order valence-corrected chi connectivity index (χ0v) is 12.7. The number of nitrogens with zero attached hydrogens (tertiary/aromatic N) is 2. The van der Waals surface area contributed by atoms with Gasteiger partial charge in [-0.15, -0.1) is 0 Å². The van der Waals surface area contributed by atoms with E-state index in [1.165, 1.54) is 11.8 Å². The summed E-state index contributed by atoms with van der Waals surface area (Å²) in [6.07, 6.45) is 0.860. The maximum Gasteiger partial charge on any atom is 0.151 e. The summed E-state index contributed by atoms with van der Waals surface area (Å²) < 4.78 is 16.1. The highest BCUT2D eigenvalue weighted by Crippen LogP contribution is 2.24. The maximum absolute atomic E-state index is 13.9. The van der Waals surface area contributed by atoms with Crippen molar-refractivity contribution in [2.24, 2.45) is 0 Å². The van der Waals surface area contributed by atoms with Crippen molar-refractivity contribution in [3.63, 3.8) is 0 Å². The van der Waals surface area contributed by atoms with E-state index in [4.69, 9.17) is 0 Å². The SMILES string of the molecule is CC(C)n1c(CC2CSCCN2)nc2c(F)cccc21. The van der Waals surface area contributed by atoms with Gasteiger partial charge < -0.3 is 9.88 Å². The number of thioether (sulfide) groups is 1. The molecule has 20 heavy (non-hydrogen) atoms. The average molecular weight is 293 g/mol. The number of imidazole rings is 1. The molecule has 2 aromatic rings. The predicted molar refractivity (Wildman–Crippen MR) is 82.9 cm³/mol. The summed E-state index contributed by atoms with van der Waals surface area (Å²) in [7, 11) is 0. The minimum absolute atomic E-state index is 0.228. The van der Waals surface area contributed by atoms with Crippen molar-refractivity contribution < 1.29 is 4.39 Å². The number of halogens is 1. The number of para-hydroxylation sites is 1. The summed E-state index contributed by atoms with van der Waals surface area (Å²) in [6, 6.07) is 5.92. The monoisotopic (exact) mass is 293 g/mol. The lowest BCUT2D eigenvalue weighted by Crippen LogP contribution is -2.39. The van der Waals surface area contributed by atoms with Crippen LogP contribution in [0.2, 0.25) is 0 Å². The largest absolute Gasteiger partial charge is 0.325 e. The standard InChI is InChI=1S/C15H20FN3S/c1-10(2)19-13-5-3-4-12(16)15(13)18-14(19)8-11-9-20-7-6-17-11/h3-5,10-11,17H,6-9H2,1-2H3. The second-order valence-corrected chi connectivity index (χ2v) is 6.68. The molecule has 0 saturated carbocycles. The molecule has 2 heterocycles. The molecule has 1 aliphatic rings. The second kappa shape index (κ2) is 5.74. The molecule has 0 bridgehead atoms. The molecule has 1 aromatic carbocycles. The lowest BCUT2D eigenvalue weighted by Gasteiger charge is -2.23. The summed E-state index contributed by atoms with van der Waals surface area (Å²) in [5, 5.41) is 3.52. The third-order valence-electron chi connectivity index (χ3n) is 3.69. The van der Waals surface area contributed by atoms with Gasteiger partial charge in [-0.05, 0) is 26.0 Å². The number of fused-ring (bicyclic) bond motifs is 1. The van der Waals surface area contributed by atoms with E-state index >= 15 is 0 Å². The molecular formula is C15H20FN3S. The number of nitrogens with one attached hydrogen (secondary N) is 1. The van der Waals surface area contributed by atoms with Crippen LogP contribution in [0.25, 0.3) is 11.0 Å². The molecule has 1 N–H and O–H groups in total. The van der Waals surface area contributed by atoms with E-state index in [0.29, 0.717) is 11.6 Å². The molecule has 1 aromatic heterocycles. The molecule has 0 amide bonds. The van der Waals surface area contributed by atoms with Gasteiger partial charge in [0.25, 0.3) is 0 Å². The minimum atomic E-state index is -0.228. The number of rotatable bonds is 3. The zero-order chi connectivity index (χ0) is 14.1. The Kier molecular flexibility index (Phi) is 3.98. The third-order valence-corrected chi connectivity index (χ3v) is 4.82. The van der Waals surface area contributed by atoms with Gasteiger partial charge in [0.05, 0.1) is 5.52 Å². The van der Waals surface area contributed by atoms with Crippen molar-refractivity contribution in [3.05, 3.63) is 29.8 Å². The molecule has 108 valence electrons. The van der Waals surface area contributed by atoms with Gasteiger partial charge in [-0.2, -0.15) is 11.8 Å². The van der Waals surface area contributed by atoms with Crippen molar-refractivity contribution >= 4 is 22.8 Å². The summed E-state index contributed by atoms with van der Waals surface area (Å²) in [4.78, 5) is 4.57. The molecular weight excluding hydrogens is 273 g/mol. The average Bonchev–Trinajstić information content (AvgIpc) is 2.79. The lowest BCUT2D eigenvalue weighted by atomic mass is 10.2. The van der Waals surface area contributed by atoms with Crippen LogP contribution in [-0.4, -0.2) is 33.6 Å². The Balaban J connectivity index is 2.00.